The molecule has 0 aliphatic carbocycles. The molecule has 1 aliphatic heterocycles. The number of aromatic nitrogens is 5. The number of fused-ring (bicyclic) bond motifs is 1. The molecule has 0 bridgehead atoms. The predicted octanol–water partition coefficient (Wildman–Crippen LogP) is 3.50. The maximum atomic E-state index is 12.8. The van der Waals surface area contributed by atoms with Gasteiger partial charge in [-0.25, -0.2) is 4.79 Å². The molecule has 4 aromatic rings. The molecule has 3 aromatic heterocycles. The molecule has 176 valence electrons. The van der Waals surface area contributed by atoms with Crippen molar-refractivity contribution in [3.05, 3.63) is 56.8 Å². The summed E-state index contributed by atoms with van der Waals surface area (Å²) in [5, 5.41) is 8.89. The number of methoxy groups -OCH3 is 1. The number of H-pyrrole nitrogens is 1. The van der Waals surface area contributed by atoms with Gasteiger partial charge in [-0.1, -0.05) is 23.2 Å². The van der Waals surface area contributed by atoms with Gasteiger partial charge in [0.2, 0.25) is 23.6 Å². The minimum absolute atomic E-state index is 0.0112. The highest BCUT2D eigenvalue weighted by Crippen LogP contribution is 2.28. The molecular formula is C22H20Cl2N6O4. The van der Waals surface area contributed by atoms with E-state index in [-0.39, 0.29) is 35.8 Å². The first-order valence-electron chi connectivity index (χ1n) is 10.6. The van der Waals surface area contributed by atoms with Crippen LogP contribution >= 0.6 is 23.2 Å². The predicted molar refractivity (Wildman–Crippen MR) is 125 cm³/mol. The minimum atomic E-state index is -0.222. The van der Waals surface area contributed by atoms with Gasteiger partial charge in [0.15, 0.2) is 5.65 Å². The highest BCUT2D eigenvalue weighted by molar-refractivity contribution is 6.35. The van der Waals surface area contributed by atoms with E-state index in [2.05, 4.69) is 20.2 Å². The molecule has 0 saturated carbocycles. The molecule has 10 nitrogen and oxygen atoms in total. The van der Waals surface area contributed by atoms with Crippen LogP contribution in [0, 0.1) is 0 Å². The Kier molecular flexibility index (Phi) is 6.01. The lowest BCUT2D eigenvalue weighted by atomic mass is 10.0. The zero-order chi connectivity index (χ0) is 23.8. The number of aromatic amines is 1. The van der Waals surface area contributed by atoms with Crippen LogP contribution in [0.1, 0.15) is 24.8 Å². The lowest BCUT2D eigenvalue weighted by molar-refractivity contribution is -0.132. The van der Waals surface area contributed by atoms with Crippen LogP contribution in [0.2, 0.25) is 10.0 Å². The van der Waals surface area contributed by atoms with Crippen LogP contribution < -0.4 is 10.4 Å². The molecule has 4 heterocycles. The van der Waals surface area contributed by atoms with Gasteiger partial charge in [0.1, 0.15) is 6.42 Å². The van der Waals surface area contributed by atoms with E-state index in [0.717, 1.165) is 5.52 Å². The Morgan fingerprint density at radius 3 is 2.62 bits per heavy atom. The Balaban J connectivity index is 1.24. The van der Waals surface area contributed by atoms with Crippen LogP contribution in [0.3, 0.4) is 0 Å². The standard InChI is InChI=1S/C22H20Cl2N6O4/c1-33-17-3-2-16-20(25-17)26-22(32)30(16)15-4-6-29(7-5-15)19(31)11-18-27-28-21(34-18)12-8-13(23)10-14(24)9-12/h2-3,8-10,15H,4-7,11H2,1H3,(H,25,26,32). The molecule has 1 fully saturated rings. The Bertz CT molecular complexity index is 1400. The highest BCUT2D eigenvalue weighted by Gasteiger charge is 2.27. The second-order valence-electron chi connectivity index (χ2n) is 7.97. The fraction of sp³-hybridized carbons (Fsp3) is 0.318. The van der Waals surface area contributed by atoms with Crippen molar-refractivity contribution in [3.8, 4) is 17.3 Å². The summed E-state index contributed by atoms with van der Waals surface area (Å²) in [4.78, 5) is 34.2. The van der Waals surface area contributed by atoms with Crippen molar-refractivity contribution in [1.29, 1.82) is 0 Å². The zero-order valence-corrected chi connectivity index (χ0v) is 19.6. The molecule has 1 aliphatic rings. The Morgan fingerprint density at radius 1 is 1.18 bits per heavy atom. The summed E-state index contributed by atoms with van der Waals surface area (Å²) in [6.45, 7) is 1.02. The molecule has 0 radical (unpaired) electrons. The largest absolute Gasteiger partial charge is 0.481 e. The van der Waals surface area contributed by atoms with E-state index in [0.29, 0.717) is 53.1 Å². The first kappa shape index (κ1) is 22.4. The lowest BCUT2D eigenvalue weighted by Crippen LogP contribution is -2.41. The van der Waals surface area contributed by atoms with E-state index in [4.69, 9.17) is 32.4 Å². The Hall–Kier alpha value is -3.37. The van der Waals surface area contributed by atoms with Crippen molar-refractivity contribution in [2.24, 2.45) is 0 Å². The van der Waals surface area contributed by atoms with E-state index in [1.165, 1.54) is 7.11 Å². The minimum Gasteiger partial charge on any atom is -0.481 e. The van der Waals surface area contributed by atoms with Gasteiger partial charge >= 0.3 is 5.69 Å². The summed E-state index contributed by atoms with van der Waals surface area (Å²) in [5.41, 5.74) is 1.56. The number of carbonyl (C=O) groups excluding carboxylic acids is 1. The first-order chi connectivity index (χ1) is 16.4. The van der Waals surface area contributed by atoms with E-state index < -0.39 is 0 Å². The third-order valence-corrected chi connectivity index (χ3v) is 6.26. The third kappa shape index (κ3) is 4.38. The molecule has 34 heavy (non-hydrogen) atoms. The molecular weight excluding hydrogens is 483 g/mol. The first-order valence-corrected chi connectivity index (χ1v) is 11.4. The van der Waals surface area contributed by atoms with Crippen molar-refractivity contribution in [1.82, 2.24) is 29.6 Å². The summed E-state index contributed by atoms with van der Waals surface area (Å²) in [6.07, 6.45) is 1.27. The van der Waals surface area contributed by atoms with Crippen molar-refractivity contribution < 1.29 is 13.9 Å². The number of pyridine rings is 1. The van der Waals surface area contributed by atoms with Gasteiger partial charge in [0.25, 0.3) is 0 Å². The topological polar surface area (TPSA) is 119 Å². The number of imidazole rings is 1. The SMILES string of the molecule is COc1ccc2c(n1)[nH]c(=O)n2C1CCN(C(=O)Cc2nnc(-c3cc(Cl)cc(Cl)c3)o2)CC1. The second kappa shape index (κ2) is 9.11. The number of hydrogen-bond donors (Lipinski definition) is 1. The summed E-state index contributed by atoms with van der Waals surface area (Å²) < 4.78 is 12.5. The number of piperidine rings is 1. The maximum absolute atomic E-state index is 12.8. The van der Waals surface area contributed by atoms with Gasteiger partial charge in [0, 0.05) is 40.8 Å². The fourth-order valence-electron chi connectivity index (χ4n) is 4.20. The van der Waals surface area contributed by atoms with Gasteiger partial charge < -0.3 is 14.1 Å². The third-order valence-electron chi connectivity index (χ3n) is 5.82. The molecule has 5 rings (SSSR count). The normalized spacial score (nSPS) is 14.6. The van der Waals surface area contributed by atoms with E-state index >= 15 is 0 Å². The highest BCUT2D eigenvalue weighted by atomic mass is 35.5. The summed E-state index contributed by atoms with van der Waals surface area (Å²) in [7, 11) is 1.53. The number of likely N-dealkylation sites (tertiary alicyclic amines) is 1. The quantitative estimate of drug-likeness (QED) is 0.443. The van der Waals surface area contributed by atoms with Crippen LogP contribution in [0.5, 0.6) is 5.88 Å². The summed E-state index contributed by atoms with van der Waals surface area (Å²) >= 11 is 12.1. The fourth-order valence-corrected chi connectivity index (χ4v) is 4.73. The molecule has 0 unspecified atom stereocenters. The Morgan fingerprint density at radius 2 is 1.91 bits per heavy atom. The van der Waals surface area contributed by atoms with E-state index in [9.17, 15) is 9.59 Å². The lowest BCUT2D eigenvalue weighted by Gasteiger charge is -2.32. The van der Waals surface area contributed by atoms with Crippen LogP contribution in [0.4, 0.5) is 0 Å². The van der Waals surface area contributed by atoms with Gasteiger partial charge in [-0.3, -0.25) is 14.3 Å². The number of carbonyl (C=O) groups is 1. The zero-order valence-electron chi connectivity index (χ0n) is 18.1. The molecule has 12 heteroatoms. The van der Waals surface area contributed by atoms with Gasteiger partial charge in [-0.15, -0.1) is 10.2 Å². The number of benzene rings is 1. The molecule has 1 saturated heterocycles. The molecule has 1 aromatic carbocycles. The van der Waals surface area contributed by atoms with Crippen molar-refractivity contribution >= 4 is 40.3 Å². The smallest absolute Gasteiger partial charge is 0.327 e. The number of hydrogen-bond acceptors (Lipinski definition) is 7. The van der Waals surface area contributed by atoms with Crippen molar-refractivity contribution in [2.45, 2.75) is 25.3 Å². The van der Waals surface area contributed by atoms with E-state index in [1.54, 1.807) is 33.7 Å². The average molecular weight is 503 g/mol. The van der Waals surface area contributed by atoms with Gasteiger partial charge in [0.05, 0.1) is 12.6 Å². The van der Waals surface area contributed by atoms with Gasteiger partial charge in [-0.05, 0) is 37.1 Å². The van der Waals surface area contributed by atoms with Crippen molar-refractivity contribution in [2.75, 3.05) is 20.2 Å². The summed E-state index contributed by atoms with van der Waals surface area (Å²) in [5.74, 6) is 0.778. The van der Waals surface area contributed by atoms with Crippen LogP contribution in [-0.2, 0) is 11.2 Å². The average Bonchev–Trinajstić information content (AvgIpc) is 3.41. The number of nitrogens with one attached hydrogen (secondary N) is 1. The van der Waals surface area contributed by atoms with Crippen LogP contribution in [-0.4, -0.2) is 55.7 Å². The van der Waals surface area contributed by atoms with Gasteiger partial charge in [-0.2, -0.15) is 4.98 Å². The molecule has 1 amide bonds. The number of nitrogens with zero attached hydrogens (tertiary/aromatic N) is 5. The van der Waals surface area contributed by atoms with Crippen LogP contribution in [0.15, 0.2) is 39.5 Å². The van der Waals surface area contributed by atoms with Crippen molar-refractivity contribution in [3.63, 3.8) is 0 Å². The maximum Gasteiger partial charge on any atom is 0.327 e. The number of amides is 1. The molecule has 0 atom stereocenters. The second-order valence-corrected chi connectivity index (χ2v) is 8.84. The molecule has 0 spiro atoms. The number of halogens is 2. The Labute approximate surface area is 203 Å². The number of ether oxygens (including phenoxy) is 1. The van der Waals surface area contributed by atoms with E-state index in [1.807, 2.05) is 6.07 Å². The molecule has 1 N–H and O–H groups in total. The summed E-state index contributed by atoms with van der Waals surface area (Å²) in [6, 6.07) is 8.43. The number of rotatable bonds is 5. The van der Waals surface area contributed by atoms with Crippen LogP contribution in [0.25, 0.3) is 22.6 Å². The monoisotopic (exact) mass is 502 g/mol.